The molecule has 2 unspecified atom stereocenters. The molecule has 1 aliphatic heterocycles. The van der Waals surface area contributed by atoms with Gasteiger partial charge in [-0.1, -0.05) is 154 Å². The number of benzene rings is 4. The van der Waals surface area contributed by atoms with Crippen molar-refractivity contribution in [2.24, 2.45) is 0 Å². The van der Waals surface area contributed by atoms with E-state index in [1.165, 1.54) is 10.4 Å². The van der Waals surface area contributed by atoms with E-state index in [1.807, 2.05) is 65.6 Å². The van der Waals surface area contributed by atoms with Gasteiger partial charge in [-0.25, -0.2) is 4.79 Å². The molecule has 4 aromatic carbocycles. The molecule has 0 bridgehead atoms. The lowest BCUT2D eigenvalue weighted by Crippen LogP contribution is -2.66. The summed E-state index contributed by atoms with van der Waals surface area (Å²) in [6.45, 7) is 8.54. The van der Waals surface area contributed by atoms with Crippen LogP contribution in [0.25, 0.3) is 0 Å². The van der Waals surface area contributed by atoms with E-state index in [1.54, 1.807) is 0 Å². The minimum atomic E-state index is -2.70. The number of nitrogens with zero attached hydrogens (tertiary/aromatic N) is 1. The minimum Gasteiger partial charge on any atom is -0.445 e. The first kappa shape index (κ1) is 31.3. The number of piperazine rings is 1. The first-order valence-corrected chi connectivity index (χ1v) is 17.3. The zero-order valence-electron chi connectivity index (χ0n) is 25.9. The summed E-state index contributed by atoms with van der Waals surface area (Å²) in [4.78, 5) is 15.3. The molecule has 6 heteroatoms. The molecule has 226 valence electrons. The van der Waals surface area contributed by atoms with Crippen molar-refractivity contribution in [3.63, 3.8) is 0 Å². The van der Waals surface area contributed by atoms with E-state index in [0.29, 0.717) is 26.1 Å². The maximum Gasteiger partial charge on any atom is 0.410 e. The van der Waals surface area contributed by atoms with Crippen LogP contribution in [-0.2, 0) is 22.2 Å². The van der Waals surface area contributed by atoms with Crippen molar-refractivity contribution in [1.82, 2.24) is 10.2 Å². The highest BCUT2D eigenvalue weighted by molar-refractivity contribution is 6.99. The fourth-order valence-corrected chi connectivity index (χ4v) is 10.6. The van der Waals surface area contributed by atoms with Crippen LogP contribution in [0.1, 0.15) is 31.9 Å². The number of ether oxygens (including phenoxy) is 1. The molecule has 1 fully saturated rings. The Balaban J connectivity index is 1.39. The predicted molar refractivity (Wildman–Crippen MR) is 180 cm³/mol. The van der Waals surface area contributed by atoms with Gasteiger partial charge in [-0.2, -0.15) is 0 Å². The van der Waals surface area contributed by atoms with Gasteiger partial charge in [0.05, 0.1) is 18.7 Å². The lowest BCUT2D eigenvalue weighted by atomic mass is 9.96. The Kier molecular flexibility index (Phi) is 10.3. The summed E-state index contributed by atoms with van der Waals surface area (Å²) in [5.74, 6) is 6.84. The van der Waals surface area contributed by atoms with Gasteiger partial charge in [0.25, 0.3) is 8.32 Å². The maximum atomic E-state index is 13.4. The van der Waals surface area contributed by atoms with E-state index in [9.17, 15) is 4.79 Å². The Morgan fingerprint density at radius 1 is 0.818 bits per heavy atom. The van der Waals surface area contributed by atoms with Crippen LogP contribution in [0.3, 0.4) is 0 Å². The van der Waals surface area contributed by atoms with Crippen LogP contribution in [0.2, 0.25) is 5.04 Å². The van der Waals surface area contributed by atoms with Gasteiger partial charge >= 0.3 is 6.09 Å². The van der Waals surface area contributed by atoms with Crippen LogP contribution < -0.4 is 15.7 Å². The Hall–Kier alpha value is -4.15. The lowest BCUT2D eigenvalue weighted by molar-refractivity contribution is 0.0659. The van der Waals surface area contributed by atoms with Gasteiger partial charge in [0.2, 0.25) is 0 Å². The van der Waals surface area contributed by atoms with Crippen LogP contribution in [0, 0.1) is 11.8 Å². The van der Waals surface area contributed by atoms with Gasteiger partial charge in [0.1, 0.15) is 6.61 Å². The number of hydrogen-bond donors (Lipinski definition) is 1. The summed E-state index contributed by atoms with van der Waals surface area (Å²) in [5.41, 5.74) is 2.12. The molecule has 2 atom stereocenters. The van der Waals surface area contributed by atoms with Gasteiger partial charge in [-0.15, -0.1) is 0 Å². The Labute approximate surface area is 263 Å². The van der Waals surface area contributed by atoms with Gasteiger partial charge in [0.15, 0.2) is 0 Å². The van der Waals surface area contributed by atoms with E-state index in [-0.39, 0.29) is 29.8 Å². The van der Waals surface area contributed by atoms with Crippen molar-refractivity contribution in [2.45, 2.75) is 50.9 Å². The molecule has 0 spiro atoms. The van der Waals surface area contributed by atoms with Gasteiger partial charge < -0.3 is 19.4 Å². The molecule has 1 aliphatic rings. The number of nitrogens with one attached hydrogen (secondary N) is 1. The molecule has 0 radical (unpaired) electrons. The third-order valence-corrected chi connectivity index (χ3v) is 13.2. The van der Waals surface area contributed by atoms with Crippen molar-refractivity contribution in [3.8, 4) is 11.8 Å². The Morgan fingerprint density at radius 2 is 1.34 bits per heavy atom. The number of amides is 1. The average molecular weight is 603 g/mol. The normalized spacial score (nSPS) is 16.9. The number of carbonyl (C=O) groups excluding carboxylic acids is 1. The molecule has 5 rings (SSSR count). The molecular weight excluding hydrogens is 561 g/mol. The van der Waals surface area contributed by atoms with E-state index in [2.05, 4.69) is 98.6 Å². The van der Waals surface area contributed by atoms with Crippen LogP contribution in [0.4, 0.5) is 4.79 Å². The van der Waals surface area contributed by atoms with Gasteiger partial charge in [-0.3, -0.25) is 0 Å². The summed E-state index contributed by atoms with van der Waals surface area (Å²) in [7, 11) is -2.70. The molecule has 1 amide bonds. The zero-order valence-corrected chi connectivity index (χ0v) is 26.9. The van der Waals surface area contributed by atoms with Crippen molar-refractivity contribution in [2.75, 3.05) is 19.7 Å². The third kappa shape index (κ3) is 7.31. The van der Waals surface area contributed by atoms with E-state index >= 15 is 0 Å². The zero-order chi connectivity index (χ0) is 30.8. The summed E-state index contributed by atoms with van der Waals surface area (Å²) < 4.78 is 12.8. The highest BCUT2D eigenvalue weighted by Gasteiger charge is 2.50. The second-order valence-corrected chi connectivity index (χ2v) is 16.5. The standard InChI is InChI=1S/C38H42N2O3Si/c1-38(2,3)44(33-21-12-6-13-22-33,34-23-14-7-15-24-34)43-28-16-25-35-36(29-31-17-8-4-9-18-31)40(27-26-39-35)37(41)42-30-32-19-10-5-11-20-32/h4-15,17-24,35-36,39H,26-30H2,1-3H3. The first-order valence-electron chi connectivity index (χ1n) is 15.4. The molecule has 1 N–H and O–H groups in total. The molecular formula is C38H42N2O3Si. The van der Waals surface area contributed by atoms with Crippen LogP contribution in [-0.4, -0.2) is 51.1 Å². The second-order valence-electron chi connectivity index (χ2n) is 12.2. The molecule has 1 heterocycles. The molecule has 1 saturated heterocycles. The van der Waals surface area contributed by atoms with Crippen molar-refractivity contribution in [1.29, 1.82) is 0 Å². The summed E-state index contributed by atoms with van der Waals surface area (Å²) in [6, 6.07) is 40.9. The lowest BCUT2D eigenvalue weighted by Gasteiger charge is -2.42. The second kappa shape index (κ2) is 14.5. The van der Waals surface area contributed by atoms with Crippen LogP contribution in [0.5, 0.6) is 0 Å². The van der Waals surface area contributed by atoms with Gasteiger partial charge in [0, 0.05) is 13.1 Å². The molecule has 0 saturated carbocycles. The molecule has 4 aromatic rings. The van der Waals surface area contributed by atoms with Crippen molar-refractivity contribution >= 4 is 24.8 Å². The average Bonchev–Trinajstić information content (AvgIpc) is 3.05. The predicted octanol–water partition coefficient (Wildman–Crippen LogP) is 5.79. The highest BCUT2D eigenvalue weighted by atomic mass is 28.4. The first-order chi connectivity index (χ1) is 21.4. The van der Waals surface area contributed by atoms with E-state index in [4.69, 9.17) is 9.16 Å². The Morgan fingerprint density at radius 3 is 1.89 bits per heavy atom. The third-order valence-electron chi connectivity index (χ3n) is 8.26. The fraction of sp³-hybridized carbons (Fsp3) is 0.289. The van der Waals surface area contributed by atoms with Crippen LogP contribution >= 0.6 is 0 Å². The molecule has 0 aromatic heterocycles. The number of carbonyl (C=O) groups is 1. The summed E-state index contributed by atoms with van der Waals surface area (Å²) >= 11 is 0. The topological polar surface area (TPSA) is 50.8 Å². The van der Waals surface area contributed by atoms with Crippen molar-refractivity contribution in [3.05, 3.63) is 132 Å². The largest absolute Gasteiger partial charge is 0.445 e. The highest BCUT2D eigenvalue weighted by Crippen LogP contribution is 2.36. The fourth-order valence-electron chi connectivity index (χ4n) is 6.14. The summed E-state index contributed by atoms with van der Waals surface area (Å²) in [6.07, 6.45) is 0.357. The molecule has 0 aliphatic carbocycles. The quantitative estimate of drug-likeness (QED) is 0.205. The monoisotopic (exact) mass is 602 g/mol. The van der Waals surface area contributed by atoms with E-state index < -0.39 is 8.32 Å². The van der Waals surface area contributed by atoms with E-state index in [0.717, 1.165) is 11.1 Å². The smallest absolute Gasteiger partial charge is 0.410 e. The summed E-state index contributed by atoms with van der Waals surface area (Å²) in [5, 5.41) is 5.90. The Bertz CT molecular complexity index is 1490. The minimum absolute atomic E-state index is 0.129. The van der Waals surface area contributed by atoms with Crippen LogP contribution in [0.15, 0.2) is 121 Å². The maximum absolute atomic E-state index is 13.4. The van der Waals surface area contributed by atoms with Gasteiger partial charge in [-0.05, 0) is 33.0 Å². The number of hydrogen-bond acceptors (Lipinski definition) is 4. The molecule has 5 nitrogen and oxygen atoms in total. The molecule has 44 heavy (non-hydrogen) atoms. The van der Waals surface area contributed by atoms with Crippen molar-refractivity contribution < 1.29 is 14.0 Å². The SMILES string of the molecule is CC(C)(C)[Si](OCC#CC1NCCN(C(=O)OCc2ccccc2)C1Cc1ccccc1)(c1ccccc1)c1ccccc1. The number of rotatable bonds is 8.